The van der Waals surface area contributed by atoms with E-state index in [1.807, 2.05) is 12.4 Å². The molecule has 0 bridgehead atoms. The van der Waals surface area contributed by atoms with Crippen LogP contribution in [0.2, 0.25) is 0 Å². The number of piperazine rings is 1. The van der Waals surface area contributed by atoms with Gasteiger partial charge in [0.15, 0.2) is 0 Å². The molecule has 5 rings (SSSR count). The third-order valence-corrected chi connectivity index (χ3v) is 5.66. The number of H-pyrrole nitrogens is 1. The number of hydrogen-bond acceptors (Lipinski definition) is 5. The van der Waals surface area contributed by atoms with Crippen LogP contribution in [0, 0.1) is 0 Å². The minimum absolute atomic E-state index is 0.868. The lowest BCUT2D eigenvalue weighted by molar-refractivity contribution is 0.312. The summed E-state index contributed by atoms with van der Waals surface area (Å²) in [4.78, 5) is 20.0. The lowest BCUT2D eigenvalue weighted by Gasteiger charge is -2.33. The fourth-order valence-corrected chi connectivity index (χ4v) is 4.07. The van der Waals surface area contributed by atoms with Gasteiger partial charge in [-0.05, 0) is 25.1 Å². The van der Waals surface area contributed by atoms with Gasteiger partial charge in [0.2, 0.25) is 0 Å². The van der Waals surface area contributed by atoms with Gasteiger partial charge in [-0.3, -0.25) is 0 Å². The van der Waals surface area contributed by atoms with E-state index in [-0.39, 0.29) is 0 Å². The summed E-state index contributed by atoms with van der Waals surface area (Å²) in [6, 6.07) is 8.57. The van der Waals surface area contributed by atoms with Crippen LogP contribution in [0.3, 0.4) is 0 Å². The van der Waals surface area contributed by atoms with Crippen LogP contribution in [0.1, 0.15) is 11.3 Å². The van der Waals surface area contributed by atoms with Crippen molar-refractivity contribution in [1.82, 2.24) is 19.9 Å². The van der Waals surface area contributed by atoms with Crippen molar-refractivity contribution in [2.24, 2.45) is 0 Å². The van der Waals surface area contributed by atoms with Gasteiger partial charge in [0, 0.05) is 49.3 Å². The van der Waals surface area contributed by atoms with Crippen molar-refractivity contribution in [2.45, 2.75) is 13.0 Å². The Morgan fingerprint density at radius 3 is 2.38 bits per heavy atom. The van der Waals surface area contributed by atoms with Crippen molar-refractivity contribution in [3.63, 3.8) is 0 Å². The molecular formula is C20H24N6. The number of para-hydroxylation sites is 1. The van der Waals surface area contributed by atoms with Crippen molar-refractivity contribution in [2.75, 3.05) is 49.6 Å². The highest BCUT2D eigenvalue weighted by molar-refractivity contribution is 5.85. The van der Waals surface area contributed by atoms with Crippen LogP contribution >= 0.6 is 0 Å². The molecule has 0 aliphatic carbocycles. The lowest BCUT2D eigenvalue weighted by Crippen LogP contribution is -2.44. The molecule has 0 spiro atoms. The monoisotopic (exact) mass is 348 g/mol. The van der Waals surface area contributed by atoms with E-state index >= 15 is 0 Å². The molecule has 1 aromatic carbocycles. The summed E-state index contributed by atoms with van der Waals surface area (Å²) < 4.78 is 0. The van der Waals surface area contributed by atoms with Gasteiger partial charge in [-0.2, -0.15) is 0 Å². The van der Waals surface area contributed by atoms with Gasteiger partial charge in [0.1, 0.15) is 11.6 Å². The Hall–Kier alpha value is -2.60. The number of likely N-dealkylation sites (N-methyl/N-ethyl adjacent to an activating group) is 1. The quantitative estimate of drug-likeness (QED) is 0.770. The molecular weight excluding hydrogens is 324 g/mol. The molecule has 0 saturated carbocycles. The Labute approximate surface area is 153 Å². The van der Waals surface area contributed by atoms with Crippen molar-refractivity contribution >= 4 is 22.5 Å². The number of rotatable bonds is 2. The second-order valence-electron chi connectivity index (χ2n) is 7.32. The molecule has 1 fully saturated rings. The Morgan fingerprint density at radius 2 is 1.62 bits per heavy atom. The van der Waals surface area contributed by atoms with Gasteiger partial charge < -0.3 is 19.7 Å². The largest absolute Gasteiger partial charge is 0.357 e. The van der Waals surface area contributed by atoms with Crippen LogP contribution in [0.5, 0.6) is 0 Å². The minimum Gasteiger partial charge on any atom is -0.357 e. The summed E-state index contributed by atoms with van der Waals surface area (Å²) >= 11 is 0. The maximum atomic E-state index is 4.72. The average Bonchev–Trinajstić information content (AvgIpc) is 3.06. The van der Waals surface area contributed by atoms with Crippen molar-refractivity contribution in [1.29, 1.82) is 0 Å². The summed E-state index contributed by atoms with van der Waals surface area (Å²) in [5.74, 6) is 1.96. The molecule has 4 heterocycles. The van der Waals surface area contributed by atoms with Crippen LogP contribution in [-0.4, -0.2) is 59.6 Å². The molecule has 0 radical (unpaired) electrons. The molecule has 134 valence electrons. The summed E-state index contributed by atoms with van der Waals surface area (Å²) in [5, 5.41) is 1.36. The van der Waals surface area contributed by atoms with Crippen LogP contribution in [-0.2, 0) is 13.0 Å². The van der Waals surface area contributed by atoms with E-state index in [2.05, 4.69) is 51.0 Å². The number of nitrogens with zero attached hydrogens (tertiary/aromatic N) is 5. The zero-order valence-corrected chi connectivity index (χ0v) is 15.1. The van der Waals surface area contributed by atoms with Gasteiger partial charge in [0.05, 0.1) is 18.9 Å². The maximum absolute atomic E-state index is 4.72. The zero-order chi connectivity index (χ0) is 17.5. The first-order chi connectivity index (χ1) is 12.8. The first kappa shape index (κ1) is 15.6. The predicted molar refractivity (Wildman–Crippen MR) is 105 cm³/mol. The summed E-state index contributed by atoms with van der Waals surface area (Å²) in [6.45, 7) is 6.06. The summed E-state index contributed by atoms with van der Waals surface area (Å²) in [7, 11) is 2.17. The number of benzene rings is 1. The van der Waals surface area contributed by atoms with Crippen LogP contribution in [0.25, 0.3) is 10.9 Å². The Kier molecular flexibility index (Phi) is 3.78. The predicted octanol–water partition coefficient (Wildman–Crippen LogP) is 2.27. The number of fused-ring (bicyclic) bond motifs is 3. The third kappa shape index (κ3) is 2.70. The number of nitrogens with one attached hydrogen (secondary N) is 1. The molecule has 2 aliphatic heterocycles. The molecule has 1 saturated heterocycles. The highest BCUT2D eigenvalue weighted by Crippen LogP contribution is 2.29. The van der Waals surface area contributed by atoms with Gasteiger partial charge in [-0.1, -0.05) is 18.2 Å². The van der Waals surface area contributed by atoms with Crippen LogP contribution in [0.4, 0.5) is 11.6 Å². The minimum atomic E-state index is 0.868. The summed E-state index contributed by atoms with van der Waals surface area (Å²) in [5.41, 5.74) is 4.00. The van der Waals surface area contributed by atoms with Gasteiger partial charge in [-0.15, -0.1) is 0 Å². The first-order valence-corrected chi connectivity index (χ1v) is 9.37. The standard InChI is InChI=1S/C20H24N6/c1-24-8-10-25(11-9-24)19-12-22-20(13-21-19)26-7-6-16-15-4-2-3-5-17(15)23-18(16)14-26/h2-5,12-13,23H,6-11,14H2,1H3. The Balaban J connectivity index is 1.34. The topological polar surface area (TPSA) is 51.3 Å². The van der Waals surface area contributed by atoms with Crippen LogP contribution in [0.15, 0.2) is 36.7 Å². The van der Waals surface area contributed by atoms with Gasteiger partial charge in [-0.25, -0.2) is 9.97 Å². The van der Waals surface area contributed by atoms with Gasteiger partial charge in [0.25, 0.3) is 0 Å². The van der Waals surface area contributed by atoms with Crippen LogP contribution < -0.4 is 9.80 Å². The third-order valence-electron chi connectivity index (χ3n) is 5.66. The zero-order valence-electron chi connectivity index (χ0n) is 15.1. The second kappa shape index (κ2) is 6.29. The number of aromatic amines is 1. The maximum Gasteiger partial charge on any atom is 0.147 e. The van der Waals surface area contributed by atoms with E-state index in [0.717, 1.165) is 57.3 Å². The molecule has 0 amide bonds. The number of hydrogen-bond donors (Lipinski definition) is 1. The van der Waals surface area contributed by atoms with Crippen molar-refractivity contribution in [3.8, 4) is 0 Å². The molecule has 3 aromatic rings. The molecule has 6 nitrogen and oxygen atoms in total. The van der Waals surface area contributed by atoms with E-state index in [1.165, 1.54) is 22.2 Å². The van der Waals surface area contributed by atoms with Crippen molar-refractivity contribution in [3.05, 3.63) is 47.9 Å². The molecule has 0 atom stereocenters. The average molecular weight is 348 g/mol. The highest BCUT2D eigenvalue weighted by atomic mass is 15.3. The second-order valence-corrected chi connectivity index (χ2v) is 7.32. The molecule has 26 heavy (non-hydrogen) atoms. The van der Waals surface area contributed by atoms with E-state index in [9.17, 15) is 0 Å². The normalized spacial score (nSPS) is 18.3. The Bertz CT molecular complexity index is 908. The molecule has 2 aliphatic rings. The number of anilines is 2. The van der Waals surface area contributed by atoms with E-state index in [0.29, 0.717) is 0 Å². The van der Waals surface area contributed by atoms with E-state index in [4.69, 9.17) is 9.97 Å². The molecule has 1 N–H and O–H groups in total. The van der Waals surface area contributed by atoms with E-state index < -0.39 is 0 Å². The smallest absolute Gasteiger partial charge is 0.147 e. The fourth-order valence-electron chi connectivity index (χ4n) is 4.07. The van der Waals surface area contributed by atoms with Gasteiger partial charge >= 0.3 is 0 Å². The van der Waals surface area contributed by atoms with E-state index in [1.54, 1.807) is 0 Å². The fraction of sp³-hybridized carbons (Fsp3) is 0.400. The first-order valence-electron chi connectivity index (χ1n) is 9.37. The summed E-state index contributed by atoms with van der Waals surface area (Å²) in [6.07, 6.45) is 4.91. The molecule has 2 aromatic heterocycles. The molecule has 6 heteroatoms. The molecule has 0 unspecified atom stereocenters. The van der Waals surface area contributed by atoms with Crippen molar-refractivity contribution < 1.29 is 0 Å². The number of aromatic nitrogens is 3. The SMILES string of the molecule is CN1CCN(c2cnc(N3CCc4c([nH]c5ccccc45)C3)cn2)CC1. The Morgan fingerprint density at radius 1 is 0.885 bits per heavy atom. The highest BCUT2D eigenvalue weighted by Gasteiger charge is 2.22. The lowest BCUT2D eigenvalue weighted by atomic mass is 10.0.